The number of carbonyl (C=O) groups is 3. The van der Waals surface area contributed by atoms with Gasteiger partial charge in [0.1, 0.15) is 15.7 Å². The molecule has 1 fully saturated rings. The number of hydrogen-bond acceptors (Lipinski definition) is 6. The number of thiazole rings is 1. The molecule has 0 aliphatic heterocycles. The molecule has 9 nitrogen and oxygen atoms in total. The summed E-state index contributed by atoms with van der Waals surface area (Å²) in [5, 5.41) is 8.81. The average molecular weight is 431 g/mol. The molecule has 0 atom stereocenters. The minimum atomic E-state index is -0.336. The van der Waals surface area contributed by atoms with E-state index in [-0.39, 0.29) is 29.6 Å². The number of pyridine rings is 1. The van der Waals surface area contributed by atoms with Crippen LogP contribution in [0, 0.1) is 0 Å². The maximum atomic E-state index is 12.8. The van der Waals surface area contributed by atoms with E-state index >= 15 is 0 Å². The first-order chi connectivity index (χ1) is 14.4. The summed E-state index contributed by atoms with van der Waals surface area (Å²) in [7, 11) is 3.26. The van der Waals surface area contributed by atoms with Crippen LogP contribution in [-0.4, -0.2) is 59.4 Å². The summed E-state index contributed by atoms with van der Waals surface area (Å²) in [6.45, 7) is 2.34. The molecule has 2 aromatic rings. The Balaban J connectivity index is 1.85. The summed E-state index contributed by atoms with van der Waals surface area (Å²) in [4.78, 5) is 47.4. The molecular weight excluding hydrogens is 404 g/mol. The lowest BCUT2D eigenvalue weighted by Crippen LogP contribution is -2.34. The van der Waals surface area contributed by atoms with Crippen molar-refractivity contribution in [1.82, 2.24) is 25.5 Å². The van der Waals surface area contributed by atoms with Crippen molar-refractivity contribution in [2.24, 2.45) is 0 Å². The van der Waals surface area contributed by atoms with Crippen LogP contribution in [0.2, 0.25) is 0 Å². The number of hydrogen-bond donors (Lipinski definition) is 3. The first-order valence-electron chi connectivity index (χ1n) is 9.93. The van der Waals surface area contributed by atoms with Crippen LogP contribution in [0.5, 0.6) is 0 Å². The number of amides is 4. The Kier molecular flexibility index (Phi) is 6.99. The van der Waals surface area contributed by atoms with Crippen LogP contribution in [0.25, 0.3) is 10.6 Å². The lowest BCUT2D eigenvalue weighted by atomic mass is 10.2. The molecule has 2 heterocycles. The van der Waals surface area contributed by atoms with E-state index in [9.17, 15) is 14.4 Å². The SMILES string of the molecule is CCNC(=O)Nc1ccc(-c2nc(C(=O)N(C)C)c(C(=O)NC3CCCC3)s2)cn1. The number of nitrogens with zero attached hydrogens (tertiary/aromatic N) is 3. The second-order valence-electron chi connectivity index (χ2n) is 7.27. The van der Waals surface area contributed by atoms with Crippen molar-refractivity contribution < 1.29 is 14.4 Å². The fourth-order valence-electron chi connectivity index (χ4n) is 3.19. The van der Waals surface area contributed by atoms with Gasteiger partial charge in [0, 0.05) is 38.4 Å². The van der Waals surface area contributed by atoms with Crippen molar-refractivity contribution >= 4 is 35.0 Å². The van der Waals surface area contributed by atoms with Crippen molar-refractivity contribution in [1.29, 1.82) is 0 Å². The number of rotatable bonds is 6. The van der Waals surface area contributed by atoms with Crippen LogP contribution in [0.1, 0.15) is 52.8 Å². The van der Waals surface area contributed by atoms with Crippen molar-refractivity contribution in [2.75, 3.05) is 26.0 Å². The molecule has 4 amide bonds. The molecule has 0 aromatic carbocycles. The molecule has 3 rings (SSSR count). The van der Waals surface area contributed by atoms with Gasteiger partial charge in [0.15, 0.2) is 5.69 Å². The van der Waals surface area contributed by atoms with E-state index in [4.69, 9.17) is 0 Å². The molecule has 10 heteroatoms. The van der Waals surface area contributed by atoms with E-state index in [0.717, 1.165) is 25.7 Å². The Labute approximate surface area is 179 Å². The lowest BCUT2D eigenvalue weighted by Gasteiger charge is -2.12. The van der Waals surface area contributed by atoms with Crippen LogP contribution in [0.3, 0.4) is 0 Å². The lowest BCUT2D eigenvalue weighted by molar-refractivity contribution is 0.0813. The molecule has 0 saturated heterocycles. The Hall–Kier alpha value is -3.01. The van der Waals surface area contributed by atoms with Gasteiger partial charge >= 0.3 is 6.03 Å². The van der Waals surface area contributed by atoms with Crippen LogP contribution in [0.4, 0.5) is 10.6 Å². The minimum absolute atomic E-state index is 0.139. The highest BCUT2D eigenvalue weighted by Crippen LogP contribution is 2.29. The van der Waals surface area contributed by atoms with Gasteiger partial charge in [-0.3, -0.25) is 14.9 Å². The Bertz CT molecular complexity index is 919. The van der Waals surface area contributed by atoms with Crippen molar-refractivity contribution in [3.8, 4) is 10.6 Å². The molecular formula is C20H26N6O3S. The van der Waals surface area contributed by atoms with E-state index < -0.39 is 0 Å². The molecule has 30 heavy (non-hydrogen) atoms. The summed E-state index contributed by atoms with van der Waals surface area (Å²) in [6, 6.07) is 3.21. The summed E-state index contributed by atoms with van der Waals surface area (Å²) in [5.74, 6) is -0.195. The molecule has 1 aliphatic carbocycles. The Morgan fingerprint density at radius 3 is 2.53 bits per heavy atom. The highest BCUT2D eigenvalue weighted by Gasteiger charge is 2.27. The van der Waals surface area contributed by atoms with Crippen molar-refractivity contribution in [2.45, 2.75) is 38.6 Å². The third-order valence-electron chi connectivity index (χ3n) is 4.72. The normalized spacial score (nSPS) is 13.7. The molecule has 160 valence electrons. The van der Waals surface area contributed by atoms with E-state index in [0.29, 0.717) is 27.8 Å². The van der Waals surface area contributed by atoms with Crippen LogP contribution in [0.15, 0.2) is 18.3 Å². The summed E-state index contributed by atoms with van der Waals surface area (Å²) >= 11 is 1.17. The number of nitrogens with one attached hydrogen (secondary N) is 3. The van der Waals surface area contributed by atoms with Gasteiger partial charge in [-0.2, -0.15) is 0 Å². The predicted molar refractivity (Wildman–Crippen MR) is 116 cm³/mol. The number of urea groups is 1. The molecule has 0 spiro atoms. The quantitative estimate of drug-likeness (QED) is 0.652. The van der Waals surface area contributed by atoms with Crippen molar-refractivity contribution in [3.05, 3.63) is 28.9 Å². The third-order valence-corrected chi connectivity index (χ3v) is 5.83. The van der Waals surface area contributed by atoms with Crippen molar-refractivity contribution in [3.63, 3.8) is 0 Å². The maximum absolute atomic E-state index is 12.8. The fourth-order valence-corrected chi connectivity index (χ4v) is 4.14. The van der Waals surface area contributed by atoms with Crippen LogP contribution < -0.4 is 16.0 Å². The van der Waals surface area contributed by atoms with Crippen LogP contribution in [-0.2, 0) is 0 Å². The van der Waals surface area contributed by atoms with Gasteiger partial charge in [0.05, 0.1) is 0 Å². The van der Waals surface area contributed by atoms with Gasteiger partial charge in [-0.1, -0.05) is 12.8 Å². The molecule has 0 radical (unpaired) electrons. The standard InChI is InChI=1S/C20H26N6O3S/c1-4-21-20(29)24-14-10-9-12(11-22-14)18-25-15(19(28)26(2)3)16(30-18)17(27)23-13-7-5-6-8-13/h9-11,13H,4-8H2,1-3H3,(H,23,27)(H2,21,22,24,29). The molecule has 3 N–H and O–H groups in total. The third kappa shape index (κ3) is 5.12. The highest BCUT2D eigenvalue weighted by atomic mass is 32.1. The summed E-state index contributed by atoms with van der Waals surface area (Å²) in [5.41, 5.74) is 0.800. The molecule has 2 aromatic heterocycles. The maximum Gasteiger partial charge on any atom is 0.320 e. The largest absolute Gasteiger partial charge is 0.349 e. The second kappa shape index (κ2) is 9.66. The highest BCUT2D eigenvalue weighted by molar-refractivity contribution is 7.17. The molecule has 1 aliphatic rings. The summed E-state index contributed by atoms with van der Waals surface area (Å²) < 4.78 is 0. The van der Waals surface area contributed by atoms with E-state index in [1.54, 1.807) is 32.4 Å². The summed E-state index contributed by atoms with van der Waals surface area (Å²) in [6.07, 6.45) is 5.68. The van der Waals surface area contributed by atoms with Gasteiger partial charge in [0.25, 0.3) is 11.8 Å². The number of anilines is 1. The van der Waals surface area contributed by atoms with E-state index in [1.807, 2.05) is 6.92 Å². The van der Waals surface area contributed by atoms with Crippen LogP contribution >= 0.6 is 11.3 Å². The monoisotopic (exact) mass is 430 g/mol. The average Bonchev–Trinajstić information content (AvgIpc) is 3.38. The number of carbonyl (C=O) groups excluding carboxylic acids is 3. The van der Waals surface area contributed by atoms with E-state index in [2.05, 4.69) is 25.9 Å². The van der Waals surface area contributed by atoms with E-state index in [1.165, 1.54) is 16.2 Å². The second-order valence-corrected chi connectivity index (χ2v) is 8.27. The topological polar surface area (TPSA) is 116 Å². The Morgan fingerprint density at radius 1 is 1.20 bits per heavy atom. The zero-order valence-corrected chi connectivity index (χ0v) is 18.1. The zero-order valence-electron chi connectivity index (χ0n) is 17.3. The van der Waals surface area contributed by atoms with Gasteiger partial charge in [0.2, 0.25) is 0 Å². The van der Waals surface area contributed by atoms with Gasteiger partial charge < -0.3 is 15.5 Å². The van der Waals surface area contributed by atoms with Gasteiger partial charge in [-0.15, -0.1) is 11.3 Å². The van der Waals surface area contributed by atoms with Gasteiger partial charge in [-0.25, -0.2) is 14.8 Å². The molecule has 0 bridgehead atoms. The first-order valence-corrected chi connectivity index (χ1v) is 10.7. The fraction of sp³-hybridized carbons (Fsp3) is 0.450. The van der Waals surface area contributed by atoms with Gasteiger partial charge in [-0.05, 0) is 31.9 Å². The smallest absolute Gasteiger partial charge is 0.320 e. The first kappa shape index (κ1) is 21.7. The molecule has 1 saturated carbocycles. The predicted octanol–water partition coefficient (Wildman–Crippen LogP) is 2.72. The molecule has 0 unspecified atom stereocenters. The minimum Gasteiger partial charge on any atom is -0.349 e. The zero-order chi connectivity index (χ0) is 21.7. The Morgan fingerprint density at radius 2 is 1.93 bits per heavy atom. The number of aromatic nitrogens is 2.